The highest BCUT2D eigenvalue weighted by molar-refractivity contribution is 7.94. The molecule has 0 atom stereocenters. The van der Waals surface area contributed by atoms with Gasteiger partial charge in [-0.25, -0.2) is 12.7 Å². The van der Waals surface area contributed by atoms with E-state index in [0.29, 0.717) is 19.3 Å². The molecule has 0 bridgehead atoms. The first kappa shape index (κ1) is 14.0. The molecule has 1 saturated heterocycles. The van der Waals surface area contributed by atoms with Crippen LogP contribution in [0.4, 0.5) is 0 Å². The summed E-state index contributed by atoms with van der Waals surface area (Å²) in [5.41, 5.74) is 0. The molecule has 1 rings (SSSR count). The van der Waals surface area contributed by atoms with Crippen molar-refractivity contribution in [1.29, 1.82) is 0 Å². The Morgan fingerprint density at radius 1 is 1.29 bits per heavy atom. The van der Waals surface area contributed by atoms with Gasteiger partial charge < -0.3 is 5.11 Å². The number of carboxylic acid groups (broad SMARTS) is 1. The van der Waals surface area contributed by atoms with E-state index in [-0.39, 0.29) is 18.9 Å². The Balaban J connectivity index is 2.35. The summed E-state index contributed by atoms with van der Waals surface area (Å²) in [5.74, 6) is -1.24. The van der Waals surface area contributed by atoms with Gasteiger partial charge >= 0.3 is 5.97 Å². The van der Waals surface area contributed by atoms with Crippen molar-refractivity contribution in [3.63, 3.8) is 0 Å². The Hall–Kier alpha value is -1.11. The lowest BCUT2D eigenvalue weighted by atomic mass is 10.1. The van der Waals surface area contributed by atoms with Gasteiger partial charge in [-0.15, -0.1) is 0 Å². The Morgan fingerprint density at radius 2 is 1.88 bits per heavy atom. The van der Waals surface area contributed by atoms with E-state index in [2.05, 4.69) is 0 Å². The second kappa shape index (κ2) is 4.64. The van der Waals surface area contributed by atoms with Gasteiger partial charge in [-0.2, -0.15) is 0 Å². The van der Waals surface area contributed by atoms with Crippen molar-refractivity contribution >= 4 is 21.9 Å². The number of nitrogens with zero attached hydrogens (tertiary/aromatic N) is 1. The number of carbonyl (C=O) groups excluding carboxylic acids is 1. The standard InChI is InChI=1S/C10H17NO5S/c1-10(2)9(14)11(17(10,15)16)7-5-3-4-6-8(12)13/h3-7H2,1-2H3,(H,12,13). The van der Waals surface area contributed by atoms with Crippen LogP contribution in [-0.4, -0.2) is 41.0 Å². The maximum Gasteiger partial charge on any atom is 0.303 e. The molecule has 1 N–H and O–H groups in total. The van der Waals surface area contributed by atoms with Gasteiger partial charge in [0.2, 0.25) is 0 Å². The highest BCUT2D eigenvalue weighted by atomic mass is 32.2. The van der Waals surface area contributed by atoms with Crippen LogP contribution in [-0.2, 0) is 19.6 Å². The molecule has 0 aliphatic carbocycles. The first-order valence-corrected chi connectivity index (χ1v) is 6.94. The zero-order valence-corrected chi connectivity index (χ0v) is 10.8. The molecule has 1 amide bonds. The molecule has 0 radical (unpaired) electrons. The van der Waals surface area contributed by atoms with Gasteiger partial charge in [0.15, 0.2) is 4.75 Å². The molecule has 6 nitrogen and oxygen atoms in total. The largest absolute Gasteiger partial charge is 0.481 e. The molecule has 7 heteroatoms. The van der Waals surface area contributed by atoms with E-state index in [1.54, 1.807) is 0 Å². The van der Waals surface area contributed by atoms with E-state index >= 15 is 0 Å². The molecule has 0 aromatic rings. The molecule has 1 fully saturated rings. The van der Waals surface area contributed by atoms with Crippen LogP contribution >= 0.6 is 0 Å². The number of rotatable bonds is 6. The van der Waals surface area contributed by atoms with Crippen molar-refractivity contribution < 1.29 is 23.1 Å². The van der Waals surface area contributed by atoms with Crippen LogP contribution in [0.2, 0.25) is 0 Å². The van der Waals surface area contributed by atoms with Crippen molar-refractivity contribution in [1.82, 2.24) is 4.31 Å². The summed E-state index contributed by atoms with van der Waals surface area (Å²) in [6.07, 6.45) is 1.69. The average molecular weight is 263 g/mol. The number of hydrogen-bond acceptors (Lipinski definition) is 4. The van der Waals surface area contributed by atoms with Crippen molar-refractivity contribution in [3.05, 3.63) is 0 Å². The summed E-state index contributed by atoms with van der Waals surface area (Å²) in [6, 6.07) is 0. The molecule has 0 saturated carbocycles. The van der Waals surface area contributed by atoms with E-state index in [9.17, 15) is 18.0 Å². The number of unbranched alkanes of at least 4 members (excludes halogenated alkanes) is 2. The van der Waals surface area contributed by atoms with E-state index in [1.807, 2.05) is 0 Å². The molecule has 0 aromatic carbocycles. The molecule has 98 valence electrons. The fourth-order valence-corrected chi connectivity index (χ4v) is 3.25. The first-order chi connectivity index (χ1) is 7.71. The topological polar surface area (TPSA) is 91.8 Å². The SMILES string of the molecule is CC1(C)C(=O)N(CCCCCC(=O)O)S1(=O)=O. The number of carbonyl (C=O) groups is 2. The quantitative estimate of drug-likeness (QED) is 0.708. The van der Waals surface area contributed by atoms with E-state index in [1.165, 1.54) is 13.8 Å². The van der Waals surface area contributed by atoms with E-state index in [0.717, 1.165) is 4.31 Å². The van der Waals surface area contributed by atoms with Crippen molar-refractivity contribution in [2.75, 3.05) is 6.54 Å². The summed E-state index contributed by atoms with van der Waals surface area (Å²) in [5, 5.41) is 8.41. The summed E-state index contributed by atoms with van der Waals surface area (Å²) in [6.45, 7) is 2.95. The van der Waals surface area contributed by atoms with Gasteiger partial charge in [0, 0.05) is 13.0 Å². The monoisotopic (exact) mass is 263 g/mol. The summed E-state index contributed by atoms with van der Waals surface area (Å²) < 4.78 is 22.9. The van der Waals surface area contributed by atoms with Gasteiger partial charge in [0.05, 0.1) is 0 Å². The molecule has 1 heterocycles. The molecule has 17 heavy (non-hydrogen) atoms. The molecule has 0 spiro atoms. The van der Waals surface area contributed by atoms with Gasteiger partial charge in [0.25, 0.3) is 15.9 Å². The van der Waals surface area contributed by atoms with Crippen molar-refractivity contribution in [2.24, 2.45) is 0 Å². The van der Waals surface area contributed by atoms with Crippen LogP contribution in [0, 0.1) is 0 Å². The maximum atomic E-state index is 11.7. The molecule has 1 aliphatic heterocycles. The zero-order chi connectivity index (χ0) is 13.3. The Labute approximate surface area is 101 Å². The lowest BCUT2D eigenvalue weighted by Gasteiger charge is -2.43. The molecular formula is C10H17NO5S. The van der Waals surface area contributed by atoms with Crippen LogP contribution in [0.1, 0.15) is 39.5 Å². The van der Waals surface area contributed by atoms with Crippen molar-refractivity contribution in [2.45, 2.75) is 44.3 Å². The van der Waals surface area contributed by atoms with Gasteiger partial charge in [-0.05, 0) is 26.7 Å². The third kappa shape index (κ3) is 2.43. The van der Waals surface area contributed by atoms with Gasteiger partial charge in [-0.1, -0.05) is 6.42 Å². The molecule has 1 aliphatic rings. The number of amides is 1. The fourth-order valence-electron chi connectivity index (χ4n) is 1.69. The van der Waals surface area contributed by atoms with Crippen LogP contribution in [0.3, 0.4) is 0 Å². The van der Waals surface area contributed by atoms with Crippen LogP contribution in [0.25, 0.3) is 0 Å². The first-order valence-electron chi connectivity index (χ1n) is 5.50. The van der Waals surface area contributed by atoms with E-state index < -0.39 is 20.7 Å². The van der Waals surface area contributed by atoms with Gasteiger partial charge in [0.1, 0.15) is 0 Å². The minimum Gasteiger partial charge on any atom is -0.481 e. The Morgan fingerprint density at radius 3 is 2.35 bits per heavy atom. The lowest BCUT2D eigenvalue weighted by Crippen LogP contribution is -2.67. The summed E-state index contributed by atoms with van der Waals surface area (Å²) >= 11 is 0. The van der Waals surface area contributed by atoms with Crippen LogP contribution < -0.4 is 0 Å². The molecular weight excluding hydrogens is 246 g/mol. The minimum atomic E-state index is -3.49. The smallest absolute Gasteiger partial charge is 0.303 e. The van der Waals surface area contributed by atoms with E-state index in [4.69, 9.17) is 5.11 Å². The normalized spacial score (nSPS) is 21.1. The van der Waals surface area contributed by atoms with Crippen LogP contribution in [0.5, 0.6) is 0 Å². The summed E-state index contributed by atoms with van der Waals surface area (Å²) in [7, 11) is -3.49. The summed E-state index contributed by atoms with van der Waals surface area (Å²) in [4.78, 5) is 21.8. The minimum absolute atomic E-state index is 0.0756. The number of sulfonamides is 1. The number of carboxylic acids is 1. The predicted octanol–water partition coefficient (Wildman–Crippen LogP) is 0.582. The Kier molecular flexibility index (Phi) is 3.81. The lowest BCUT2D eigenvalue weighted by molar-refractivity contribution is -0.137. The van der Waals surface area contributed by atoms with Crippen molar-refractivity contribution in [3.8, 4) is 0 Å². The predicted molar refractivity (Wildman–Crippen MR) is 60.8 cm³/mol. The average Bonchev–Trinajstić information content (AvgIpc) is 2.21. The van der Waals surface area contributed by atoms with Crippen LogP contribution in [0.15, 0.2) is 0 Å². The van der Waals surface area contributed by atoms with Gasteiger partial charge in [-0.3, -0.25) is 9.59 Å². The third-order valence-corrected chi connectivity index (χ3v) is 5.32. The highest BCUT2D eigenvalue weighted by Gasteiger charge is 2.59. The number of hydrogen-bond donors (Lipinski definition) is 1. The number of aliphatic carboxylic acids is 1. The maximum absolute atomic E-state index is 11.7. The second-order valence-electron chi connectivity index (χ2n) is 4.60. The second-order valence-corrected chi connectivity index (χ2v) is 7.01. The highest BCUT2D eigenvalue weighted by Crippen LogP contribution is 2.34. The Bertz CT molecular complexity index is 426. The molecule has 0 unspecified atom stereocenters. The zero-order valence-electron chi connectivity index (χ0n) is 9.97. The third-order valence-electron chi connectivity index (χ3n) is 2.93. The molecule has 0 aromatic heterocycles. The fraction of sp³-hybridized carbons (Fsp3) is 0.800.